The molecule has 3 rings (SSSR count). The predicted molar refractivity (Wildman–Crippen MR) is 114 cm³/mol. The average molecular weight is 408 g/mol. The summed E-state index contributed by atoms with van der Waals surface area (Å²) in [5.41, 5.74) is 1.62. The van der Waals surface area contributed by atoms with E-state index in [0.29, 0.717) is 24.4 Å². The second kappa shape index (κ2) is 11.3. The molecule has 28 heavy (non-hydrogen) atoms. The molecule has 1 unspecified atom stereocenters. The lowest BCUT2D eigenvalue weighted by Crippen LogP contribution is -2.37. The molecular weight excluding hydrogens is 377 g/mol. The highest BCUT2D eigenvalue weighted by molar-refractivity contribution is 5.85. The Hall–Kier alpha value is -1.72. The van der Waals surface area contributed by atoms with Crippen molar-refractivity contribution in [2.24, 2.45) is 0 Å². The zero-order valence-electron chi connectivity index (χ0n) is 16.9. The summed E-state index contributed by atoms with van der Waals surface area (Å²) in [6.07, 6.45) is 7.47. The third-order valence-corrected chi connectivity index (χ3v) is 5.23. The highest BCUT2D eigenvalue weighted by Gasteiger charge is 2.16. The zero-order chi connectivity index (χ0) is 19.1. The van der Waals surface area contributed by atoms with E-state index in [1.807, 2.05) is 13.0 Å². The van der Waals surface area contributed by atoms with Gasteiger partial charge < -0.3 is 9.64 Å². The van der Waals surface area contributed by atoms with Gasteiger partial charge in [-0.05, 0) is 83.3 Å². The van der Waals surface area contributed by atoms with Gasteiger partial charge in [-0.1, -0.05) is 6.42 Å². The van der Waals surface area contributed by atoms with Crippen LogP contribution in [0.25, 0.3) is 11.3 Å². The summed E-state index contributed by atoms with van der Waals surface area (Å²) in [6, 6.07) is 8.83. The summed E-state index contributed by atoms with van der Waals surface area (Å²) < 4.78 is 19.0. The van der Waals surface area contributed by atoms with Crippen molar-refractivity contribution >= 4 is 12.4 Å². The molecule has 1 aliphatic heterocycles. The van der Waals surface area contributed by atoms with E-state index >= 15 is 0 Å². The average Bonchev–Trinajstić information content (AvgIpc) is 2.68. The number of piperidine rings is 1. The van der Waals surface area contributed by atoms with Gasteiger partial charge in [-0.25, -0.2) is 9.37 Å². The van der Waals surface area contributed by atoms with Crippen molar-refractivity contribution < 1.29 is 9.13 Å². The van der Waals surface area contributed by atoms with Crippen LogP contribution in [-0.4, -0.2) is 40.6 Å². The Morgan fingerprint density at radius 2 is 1.79 bits per heavy atom. The summed E-state index contributed by atoms with van der Waals surface area (Å²) >= 11 is 0. The van der Waals surface area contributed by atoms with Gasteiger partial charge in [0.2, 0.25) is 5.88 Å². The predicted octanol–water partition coefficient (Wildman–Crippen LogP) is 5.44. The Bertz CT molecular complexity index is 720. The standard InChI is InChI=1S/C22H30FN3O.ClH/c1-17(26-13-5-3-6-14-26)8-4-7-15-27-22-16-21(24-18(2)25-22)19-9-11-20(23)12-10-19;/h9-12,16-17H,3-8,13-15H2,1-2H3;1H. The largest absolute Gasteiger partial charge is 0.478 e. The first-order valence-corrected chi connectivity index (χ1v) is 10.1. The number of benzene rings is 1. The van der Waals surface area contributed by atoms with Crippen LogP contribution >= 0.6 is 12.4 Å². The van der Waals surface area contributed by atoms with Crippen LogP contribution in [0.2, 0.25) is 0 Å². The topological polar surface area (TPSA) is 38.2 Å². The number of likely N-dealkylation sites (tertiary alicyclic amines) is 1. The molecule has 154 valence electrons. The van der Waals surface area contributed by atoms with E-state index < -0.39 is 0 Å². The first kappa shape index (κ1) is 22.6. The number of hydrogen-bond acceptors (Lipinski definition) is 4. The zero-order valence-corrected chi connectivity index (χ0v) is 17.7. The van der Waals surface area contributed by atoms with Crippen molar-refractivity contribution in [3.63, 3.8) is 0 Å². The van der Waals surface area contributed by atoms with Gasteiger partial charge in [0.25, 0.3) is 0 Å². The maximum Gasteiger partial charge on any atom is 0.217 e. The van der Waals surface area contributed by atoms with Crippen LogP contribution in [0.5, 0.6) is 5.88 Å². The Kier molecular flexibility index (Phi) is 9.13. The van der Waals surface area contributed by atoms with Crippen molar-refractivity contribution in [2.45, 2.75) is 58.4 Å². The van der Waals surface area contributed by atoms with Crippen LogP contribution < -0.4 is 4.74 Å². The van der Waals surface area contributed by atoms with Gasteiger partial charge in [-0.2, -0.15) is 4.98 Å². The summed E-state index contributed by atoms with van der Waals surface area (Å²) in [7, 11) is 0. The minimum atomic E-state index is -0.250. The molecule has 0 radical (unpaired) electrons. The number of aryl methyl sites for hydroxylation is 1. The Morgan fingerprint density at radius 1 is 1.07 bits per heavy atom. The maximum atomic E-state index is 13.1. The molecule has 4 nitrogen and oxygen atoms in total. The molecular formula is C22H31ClFN3O. The second-order valence-electron chi connectivity index (χ2n) is 7.44. The number of rotatable bonds is 8. The maximum absolute atomic E-state index is 13.1. The first-order valence-electron chi connectivity index (χ1n) is 10.1. The fourth-order valence-corrected chi connectivity index (χ4v) is 3.64. The van der Waals surface area contributed by atoms with Crippen LogP contribution in [0.4, 0.5) is 4.39 Å². The molecule has 1 aliphatic rings. The molecule has 0 aliphatic carbocycles. The molecule has 0 amide bonds. The van der Waals surface area contributed by atoms with E-state index in [9.17, 15) is 4.39 Å². The second-order valence-corrected chi connectivity index (χ2v) is 7.44. The minimum absolute atomic E-state index is 0. The van der Waals surface area contributed by atoms with Crippen molar-refractivity contribution in [1.82, 2.24) is 14.9 Å². The third kappa shape index (κ3) is 6.71. The number of aromatic nitrogens is 2. The monoisotopic (exact) mass is 407 g/mol. The molecule has 0 spiro atoms. The van der Waals surface area contributed by atoms with E-state index in [2.05, 4.69) is 21.8 Å². The summed E-state index contributed by atoms with van der Waals surface area (Å²) in [6.45, 7) is 7.36. The molecule has 1 aromatic carbocycles. The van der Waals surface area contributed by atoms with E-state index in [0.717, 1.165) is 24.1 Å². The fourth-order valence-electron chi connectivity index (χ4n) is 3.64. The quantitative estimate of drug-likeness (QED) is 0.546. The lowest BCUT2D eigenvalue weighted by Gasteiger charge is -2.32. The normalized spacial score (nSPS) is 15.7. The number of halogens is 2. The Labute approximate surface area is 173 Å². The molecule has 0 N–H and O–H groups in total. The van der Waals surface area contributed by atoms with Crippen LogP contribution in [0, 0.1) is 12.7 Å². The van der Waals surface area contributed by atoms with E-state index in [4.69, 9.17) is 4.74 Å². The van der Waals surface area contributed by atoms with Crippen molar-refractivity contribution in [2.75, 3.05) is 19.7 Å². The SMILES string of the molecule is Cc1nc(OCCCCC(C)N2CCCCC2)cc(-c2ccc(F)cc2)n1.Cl. The smallest absolute Gasteiger partial charge is 0.217 e. The summed E-state index contributed by atoms with van der Waals surface area (Å²) in [5, 5.41) is 0. The van der Waals surface area contributed by atoms with Gasteiger partial charge in [0, 0.05) is 17.7 Å². The van der Waals surface area contributed by atoms with Crippen molar-refractivity contribution in [3.05, 3.63) is 42.0 Å². The molecule has 6 heteroatoms. The number of nitrogens with zero attached hydrogens (tertiary/aromatic N) is 3. The molecule has 1 aromatic heterocycles. The number of hydrogen-bond donors (Lipinski definition) is 0. The molecule has 1 saturated heterocycles. The van der Waals surface area contributed by atoms with Crippen molar-refractivity contribution in [1.29, 1.82) is 0 Å². The third-order valence-electron chi connectivity index (χ3n) is 5.23. The van der Waals surface area contributed by atoms with Crippen molar-refractivity contribution in [3.8, 4) is 17.1 Å². The highest BCUT2D eigenvalue weighted by atomic mass is 35.5. The Morgan fingerprint density at radius 3 is 2.50 bits per heavy atom. The van der Waals surface area contributed by atoms with Gasteiger partial charge >= 0.3 is 0 Å². The van der Waals surface area contributed by atoms with Gasteiger partial charge in [0.1, 0.15) is 11.6 Å². The molecule has 0 saturated carbocycles. The lowest BCUT2D eigenvalue weighted by molar-refractivity contribution is 0.162. The number of unbranched alkanes of at least 4 members (excludes halogenated alkanes) is 1. The Balaban J connectivity index is 0.00000280. The molecule has 1 atom stereocenters. The van der Waals surface area contributed by atoms with Crippen LogP contribution in [0.1, 0.15) is 51.3 Å². The molecule has 2 aromatic rings. The molecule has 0 bridgehead atoms. The van der Waals surface area contributed by atoms with Gasteiger partial charge in [-0.3, -0.25) is 0 Å². The van der Waals surface area contributed by atoms with Crippen LogP contribution in [0.3, 0.4) is 0 Å². The van der Waals surface area contributed by atoms with E-state index in [1.165, 1.54) is 50.9 Å². The van der Waals surface area contributed by atoms with Crippen LogP contribution in [0.15, 0.2) is 30.3 Å². The number of ether oxygens (including phenoxy) is 1. The first-order chi connectivity index (χ1) is 13.1. The minimum Gasteiger partial charge on any atom is -0.478 e. The fraction of sp³-hybridized carbons (Fsp3) is 0.545. The summed E-state index contributed by atoms with van der Waals surface area (Å²) in [5.74, 6) is 0.997. The molecule has 1 fully saturated rings. The van der Waals surface area contributed by atoms with E-state index in [-0.39, 0.29) is 18.2 Å². The van der Waals surface area contributed by atoms with Gasteiger partial charge in [0.15, 0.2) is 0 Å². The lowest BCUT2D eigenvalue weighted by atomic mass is 10.1. The molecule has 2 heterocycles. The van der Waals surface area contributed by atoms with Gasteiger partial charge in [0.05, 0.1) is 12.3 Å². The van der Waals surface area contributed by atoms with Gasteiger partial charge in [-0.15, -0.1) is 12.4 Å². The van der Waals surface area contributed by atoms with Crippen LogP contribution in [-0.2, 0) is 0 Å². The highest BCUT2D eigenvalue weighted by Crippen LogP contribution is 2.22. The summed E-state index contributed by atoms with van der Waals surface area (Å²) in [4.78, 5) is 11.4. The van der Waals surface area contributed by atoms with E-state index in [1.54, 1.807) is 12.1 Å².